The van der Waals surface area contributed by atoms with E-state index in [4.69, 9.17) is 0 Å². The lowest BCUT2D eigenvalue weighted by Crippen LogP contribution is -2.41. The van der Waals surface area contributed by atoms with Crippen molar-refractivity contribution >= 4 is 29.4 Å². The first-order chi connectivity index (χ1) is 13.0. The van der Waals surface area contributed by atoms with Gasteiger partial charge in [-0.2, -0.15) is 0 Å². The van der Waals surface area contributed by atoms with Crippen LogP contribution in [0, 0.1) is 0 Å². The Labute approximate surface area is 157 Å². The van der Waals surface area contributed by atoms with E-state index in [1.54, 1.807) is 0 Å². The first-order valence-electron chi connectivity index (χ1n) is 8.88. The summed E-state index contributed by atoms with van der Waals surface area (Å²) in [6.07, 6.45) is 5.96. The van der Waals surface area contributed by atoms with Crippen LogP contribution in [0.25, 0.3) is 0 Å². The molecule has 1 aromatic carbocycles. The van der Waals surface area contributed by atoms with Gasteiger partial charge in [0.25, 0.3) is 0 Å². The second-order valence-corrected chi connectivity index (χ2v) is 6.36. The van der Waals surface area contributed by atoms with Crippen molar-refractivity contribution in [3.05, 3.63) is 29.3 Å². The number of methoxy groups -OCH3 is 2. The Morgan fingerprint density at radius 3 is 2.11 bits per heavy atom. The minimum Gasteiger partial charge on any atom is -0.465 e. The van der Waals surface area contributed by atoms with Crippen LogP contribution in [0.5, 0.6) is 0 Å². The van der Waals surface area contributed by atoms with Crippen LogP contribution in [0.3, 0.4) is 0 Å². The standard InChI is InChI=1S/C19H24N2O6/c1-26-18(24)12-9-10-14(19(25)27-2)15(11-12)21-17(23)16(22)20-13-7-5-3-4-6-8-13/h9-11,13H,3-8H2,1-2H3,(H,20,22)(H,21,23). The zero-order valence-corrected chi connectivity index (χ0v) is 15.5. The topological polar surface area (TPSA) is 111 Å². The highest BCUT2D eigenvalue weighted by molar-refractivity contribution is 6.40. The number of hydrogen-bond acceptors (Lipinski definition) is 6. The van der Waals surface area contributed by atoms with Crippen molar-refractivity contribution in [2.24, 2.45) is 0 Å². The molecule has 0 unspecified atom stereocenters. The van der Waals surface area contributed by atoms with Crippen molar-refractivity contribution < 1.29 is 28.7 Å². The number of carbonyl (C=O) groups excluding carboxylic acids is 4. The second-order valence-electron chi connectivity index (χ2n) is 6.36. The molecule has 0 atom stereocenters. The first kappa shape index (κ1) is 20.4. The van der Waals surface area contributed by atoms with Gasteiger partial charge in [-0.25, -0.2) is 9.59 Å². The van der Waals surface area contributed by atoms with E-state index in [9.17, 15) is 19.2 Å². The lowest BCUT2D eigenvalue weighted by Gasteiger charge is -2.16. The molecular formula is C19H24N2O6. The number of benzene rings is 1. The van der Waals surface area contributed by atoms with Crippen LogP contribution >= 0.6 is 0 Å². The molecule has 0 heterocycles. The normalized spacial score (nSPS) is 14.6. The predicted molar refractivity (Wildman–Crippen MR) is 97.4 cm³/mol. The molecule has 0 aliphatic heterocycles. The maximum Gasteiger partial charge on any atom is 0.339 e. The van der Waals surface area contributed by atoms with E-state index in [1.807, 2.05) is 0 Å². The molecule has 146 valence electrons. The van der Waals surface area contributed by atoms with Crippen molar-refractivity contribution in [1.82, 2.24) is 5.32 Å². The molecule has 2 amide bonds. The number of anilines is 1. The van der Waals surface area contributed by atoms with Crippen molar-refractivity contribution in [1.29, 1.82) is 0 Å². The van der Waals surface area contributed by atoms with Crippen molar-refractivity contribution in [3.8, 4) is 0 Å². The highest BCUT2D eigenvalue weighted by Crippen LogP contribution is 2.20. The van der Waals surface area contributed by atoms with Crippen LogP contribution in [0.15, 0.2) is 18.2 Å². The molecule has 8 nitrogen and oxygen atoms in total. The van der Waals surface area contributed by atoms with Crippen LogP contribution in [0.4, 0.5) is 5.69 Å². The number of esters is 2. The zero-order chi connectivity index (χ0) is 19.8. The Kier molecular flexibility index (Phi) is 7.34. The van der Waals surface area contributed by atoms with Gasteiger partial charge < -0.3 is 20.1 Å². The summed E-state index contributed by atoms with van der Waals surface area (Å²) < 4.78 is 9.31. The highest BCUT2D eigenvalue weighted by atomic mass is 16.5. The number of hydrogen-bond donors (Lipinski definition) is 2. The quantitative estimate of drug-likeness (QED) is 0.473. The number of nitrogens with one attached hydrogen (secondary N) is 2. The summed E-state index contributed by atoms with van der Waals surface area (Å²) in [4.78, 5) is 48.1. The Balaban J connectivity index is 2.15. The summed E-state index contributed by atoms with van der Waals surface area (Å²) in [6.45, 7) is 0. The van der Waals surface area contributed by atoms with Gasteiger partial charge in [0.15, 0.2) is 0 Å². The Hall–Kier alpha value is -2.90. The SMILES string of the molecule is COC(=O)c1ccc(C(=O)OC)c(NC(=O)C(=O)NC2CCCCCC2)c1. The van der Waals surface area contributed by atoms with Crippen LogP contribution in [-0.2, 0) is 19.1 Å². The van der Waals surface area contributed by atoms with E-state index in [2.05, 4.69) is 20.1 Å². The van der Waals surface area contributed by atoms with Gasteiger partial charge in [0.1, 0.15) is 0 Å². The Bertz CT molecular complexity index is 723. The maximum absolute atomic E-state index is 12.3. The molecule has 27 heavy (non-hydrogen) atoms. The zero-order valence-electron chi connectivity index (χ0n) is 15.5. The van der Waals surface area contributed by atoms with Crippen LogP contribution in [0.1, 0.15) is 59.2 Å². The summed E-state index contributed by atoms with van der Waals surface area (Å²) in [5.74, 6) is -3.02. The molecule has 0 spiro atoms. The van der Waals surface area contributed by atoms with E-state index < -0.39 is 23.8 Å². The van der Waals surface area contributed by atoms with E-state index in [-0.39, 0.29) is 22.9 Å². The van der Waals surface area contributed by atoms with E-state index in [0.717, 1.165) is 38.5 Å². The lowest BCUT2D eigenvalue weighted by atomic mass is 10.1. The molecule has 2 rings (SSSR count). The summed E-state index contributed by atoms with van der Waals surface area (Å²) in [5.41, 5.74) is 0.163. The smallest absolute Gasteiger partial charge is 0.339 e. The van der Waals surface area contributed by atoms with E-state index in [0.29, 0.717) is 0 Å². The number of carbonyl (C=O) groups is 4. The average Bonchev–Trinajstić information content (AvgIpc) is 2.95. The number of amides is 2. The van der Waals surface area contributed by atoms with Crippen LogP contribution < -0.4 is 10.6 Å². The van der Waals surface area contributed by atoms with Crippen LogP contribution in [0.2, 0.25) is 0 Å². The first-order valence-corrected chi connectivity index (χ1v) is 8.88. The monoisotopic (exact) mass is 376 g/mol. The molecule has 8 heteroatoms. The fourth-order valence-electron chi connectivity index (χ4n) is 3.03. The molecule has 1 aromatic rings. The van der Waals surface area contributed by atoms with Crippen LogP contribution in [-0.4, -0.2) is 44.0 Å². The van der Waals surface area contributed by atoms with Gasteiger partial charge in [-0.15, -0.1) is 0 Å². The average molecular weight is 376 g/mol. The van der Waals surface area contributed by atoms with Crippen molar-refractivity contribution in [2.45, 2.75) is 44.6 Å². The van der Waals surface area contributed by atoms with Gasteiger partial charge in [0.2, 0.25) is 0 Å². The molecule has 1 saturated carbocycles. The van der Waals surface area contributed by atoms with E-state index in [1.165, 1.54) is 32.4 Å². The molecule has 0 saturated heterocycles. The molecule has 0 bridgehead atoms. The van der Waals surface area contributed by atoms with Gasteiger partial charge in [-0.1, -0.05) is 25.7 Å². The largest absolute Gasteiger partial charge is 0.465 e. The molecule has 1 aliphatic carbocycles. The molecule has 2 N–H and O–H groups in total. The third-order valence-corrected chi connectivity index (χ3v) is 4.49. The summed E-state index contributed by atoms with van der Waals surface area (Å²) in [7, 11) is 2.41. The van der Waals surface area contributed by atoms with Crippen molar-refractivity contribution in [3.63, 3.8) is 0 Å². The Morgan fingerprint density at radius 1 is 0.889 bits per heavy atom. The second kappa shape index (κ2) is 9.70. The Morgan fingerprint density at radius 2 is 1.52 bits per heavy atom. The van der Waals surface area contributed by atoms with Gasteiger partial charge >= 0.3 is 23.8 Å². The maximum atomic E-state index is 12.3. The molecular weight excluding hydrogens is 352 g/mol. The summed E-state index contributed by atoms with van der Waals surface area (Å²) >= 11 is 0. The fourth-order valence-corrected chi connectivity index (χ4v) is 3.03. The lowest BCUT2D eigenvalue weighted by molar-refractivity contribution is -0.136. The minimum atomic E-state index is -0.911. The van der Waals surface area contributed by atoms with Gasteiger partial charge in [0.05, 0.1) is 31.0 Å². The molecule has 0 radical (unpaired) electrons. The highest BCUT2D eigenvalue weighted by Gasteiger charge is 2.23. The van der Waals surface area contributed by atoms with Gasteiger partial charge in [-0.3, -0.25) is 9.59 Å². The van der Waals surface area contributed by atoms with E-state index >= 15 is 0 Å². The predicted octanol–water partition coefficient (Wildman–Crippen LogP) is 2.04. The van der Waals surface area contributed by atoms with Gasteiger partial charge in [0, 0.05) is 6.04 Å². The van der Waals surface area contributed by atoms with Gasteiger partial charge in [-0.05, 0) is 31.0 Å². The molecule has 0 aromatic heterocycles. The molecule has 1 fully saturated rings. The number of ether oxygens (including phenoxy) is 2. The summed E-state index contributed by atoms with van der Waals surface area (Å²) in [5, 5.41) is 5.12. The van der Waals surface area contributed by atoms with Crippen molar-refractivity contribution in [2.75, 3.05) is 19.5 Å². The number of rotatable bonds is 4. The third kappa shape index (κ3) is 5.54. The molecule has 1 aliphatic rings. The minimum absolute atomic E-state index is 0.00534. The fraction of sp³-hybridized carbons (Fsp3) is 0.474. The summed E-state index contributed by atoms with van der Waals surface area (Å²) in [6, 6.07) is 3.94. The third-order valence-electron chi connectivity index (χ3n) is 4.49.